The molecule has 5 rings (SSSR count). The van der Waals surface area contributed by atoms with Crippen LogP contribution >= 0.6 is 11.3 Å². The van der Waals surface area contributed by atoms with Gasteiger partial charge in [0.25, 0.3) is 5.91 Å². The van der Waals surface area contributed by atoms with Gasteiger partial charge in [0.2, 0.25) is 0 Å². The molecule has 3 heterocycles. The van der Waals surface area contributed by atoms with Crippen molar-refractivity contribution in [1.29, 1.82) is 0 Å². The number of ether oxygens (including phenoxy) is 1. The maximum atomic E-state index is 14.7. The molecule has 0 spiro atoms. The van der Waals surface area contributed by atoms with Gasteiger partial charge in [0.1, 0.15) is 27.1 Å². The van der Waals surface area contributed by atoms with Crippen LogP contribution in [0, 0.1) is 11.7 Å². The first-order chi connectivity index (χ1) is 21.7. The molecule has 1 aliphatic heterocycles. The standard InChI is InChI=1S/C30H35F4N7O4S/c1-29(2,3)45-28(44)39-25-22(38-24(46-25)19-8-4-5-9-20(19)31)23(42)37-21-15-35-41(16-17-10-11-17)26(21)40-13-6-7-18(12-14-40)36-27(43)30(32,33)34/h4-5,8-9,15,17-18H,6-7,10-14,16H2,1-3H3,(H,36,43)(H,37,42)(H,39,44). The first kappa shape index (κ1) is 33.2. The van der Waals surface area contributed by atoms with E-state index in [0.29, 0.717) is 49.9 Å². The van der Waals surface area contributed by atoms with Crippen LogP contribution in [0.25, 0.3) is 10.6 Å². The Morgan fingerprint density at radius 2 is 1.78 bits per heavy atom. The summed E-state index contributed by atoms with van der Waals surface area (Å²) in [4.78, 5) is 44.3. The Morgan fingerprint density at radius 3 is 2.46 bits per heavy atom. The zero-order valence-corrected chi connectivity index (χ0v) is 26.4. The molecule has 2 fully saturated rings. The number of nitrogens with one attached hydrogen (secondary N) is 3. The van der Waals surface area contributed by atoms with Crippen molar-refractivity contribution in [2.24, 2.45) is 5.92 Å². The minimum atomic E-state index is -4.97. The van der Waals surface area contributed by atoms with Crippen molar-refractivity contribution in [3.63, 3.8) is 0 Å². The van der Waals surface area contributed by atoms with Crippen molar-refractivity contribution in [2.45, 2.75) is 77.2 Å². The number of nitrogens with zero attached hydrogens (tertiary/aromatic N) is 4. The molecule has 1 unspecified atom stereocenters. The van der Waals surface area contributed by atoms with Crippen molar-refractivity contribution >= 4 is 45.8 Å². The predicted octanol–water partition coefficient (Wildman–Crippen LogP) is 6.19. The van der Waals surface area contributed by atoms with Crippen LogP contribution in [0.2, 0.25) is 0 Å². The number of hydrogen-bond acceptors (Lipinski definition) is 8. The highest BCUT2D eigenvalue weighted by Gasteiger charge is 2.40. The number of alkyl halides is 3. The van der Waals surface area contributed by atoms with Gasteiger partial charge in [0.05, 0.1) is 6.20 Å². The molecule has 0 bridgehead atoms. The molecule has 1 saturated carbocycles. The lowest BCUT2D eigenvalue weighted by Gasteiger charge is -2.25. The van der Waals surface area contributed by atoms with Crippen LogP contribution < -0.4 is 20.9 Å². The second-order valence-electron chi connectivity index (χ2n) is 12.4. The first-order valence-corrected chi connectivity index (χ1v) is 15.7. The molecule has 0 radical (unpaired) electrons. The third-order valence-corrected chi connectivity index (χ3v) is 8.37. The van der Waals surface area contributed by atoms with Crippen LogP contribution in [-0.2, 0) is 16.1 Å². The van der Waals surface area contributed by atoms with Crippen LogP contribution in [-0.4, -0.2) is 63.6 Å². The summed E-state index contributed by atoms with van der Waals surface area (Å²) >= 11 is 0.914. The highest BCUT2D eigenvalue weighted by Crippen LogP contribution is 2.37. The smallest absolute Gasteiger partial charge is 0.444 e. The maximum absolute atomic E-state index is 14.7. The molecule has 3 N–H and O–H groups in total. The van der Waals surface area contributed by atoms with Crippen LogP contribution in [0.4, 0.5) is 38.9 Å². The summed E-state index contributed by atoms with van der Waals surface area (Å²) in [7, 11) is 0. The van der Waals surface area contributed by atoms with Crippen molar-refractivity contribution in [3.05, 3.63) is 42.0 Å². The van der Waals surface area contributed by atoms with Gasteiger partial charge in [0.15, 0.2) is 11.5 Å². The van der Waals surface area contributed by atoms with E-state index in [-0.39, 0.29) is 27.7 Å². The van der Waals surface area contributed by atoms with Gasteiger partial charge in [-0.2, -0.15) is 18.3 Å². The van der Waals surface area contributed by atoms with E-state index in [0.717, 1.165) is 24.2 Å². The molecule has 11 nitrogen and oxygen atoms in total. The average Bonchev–Trinajstić information content (AvgIpc) is 3.62. The number of rotatable bonds is 8. The van der Waals surface area contributed by atoms with Crippen LogP contribution in [0.3, 0.4) is 0 Å². The normalized spacial score (nSPS) is 17.3. The van der Waals surface area contributed by atoms with E-state index >= 15 is 0 Å². The third kappa shape index (κ3) is 8.33. The number of benzene rings is 1. The molecule has 2 aromatic heterocycles. The van der Waals surface area contributed by atoms with Gasteiger partial charge in [-0.05, 0) is 70.9 Å². The molecule has 16 heteroatoms. The van der Waals surface area contributed by atoms with Crippen molar-refractivity contribution in [2.75, 3.05) is 28.6 Å². The minimum absolute atomic E-state index is 0.0509. The Kier molecular flexibility index (Phi) is 9.56. The Balaban J connectivity index is 1.41. The quantitative estimate of drug-likeness (QED) is 0.245. The van der Waals surface area contributed by atoms with Gasteiger partial charge in [-0.15, -0.1) is 0 Å². The Labute approximate surface area is 266 Å². The average molecular weight is 666 g/mol. The Hall–Kier alpha value is -4.21. The SMILES string of the molecule is CC(C)(C)OC(=O)Nc1sc(-c2ccccc2F)nc1C(=O)Nc1cnn(CC2CC2)c1N1CCCC(NC(=O)C(F)(F)F)CC1. The van der Waals surface area contributed by atoms with E-state index in [9.17, 15) is 31.9 Å². The molecule has 248 valence electrons. The Morgan fingerprint density at radius 1 is 1.04 bits per heavy atom. The van der Waals surface area contributed by atoms with E-state index in [1.165, 1.54) is 24.4 Å². The summed E-state index contributed by atoms with van der Waals surface area (Å²) in [6, 6.07) is 5.26. The van der Waals surface area contributed by atoms with Gasteiger partial charge in [-0.3, -0.25) is 14.9 Å². The number of anilines is 3. The van der Waals surface area contributed by atoms with E-state index < -0.39 is 41.5 Å². The zero-order chi connectivity index (χ0) is 33.2. The number of thiazole rings is 1. The molecule has 1 aliphatic carbocycles. The molecule has 2 aliphatic rings. The highest BCUT2D eigenvalue weighted by molar-refractivity contribution is 7.19. The van der Waals surface area contributed by atoms with Gasteiger partial charge in [0, 0.05) is 31.2 Å². The maximum Gasteiger partial charge on any atom is 0.471 e. The second-order valence-corrected chi connectivity index (χ2v) is 13.4. The molecule has 1 aromatic carbocycles. The third-order valence-electron chi connectivity index (χ3n) is 7.37. The van der Waals surface area contributed by atoms with Crippen LogP contribution in [0.15, 0.2) is 30.5 Å². The summed E-state index contributed by atoms with van der Waals surface area (Å²) in [6.45, 7) is 6.42. The predicted molar refractivity (Wildman–Crippen MR) is 164 cm³/mol. The molecule has 1 saturated heterocycles. The lowest BCUT2D eigenvalue weighted by molar-refractivity contribution is -0.174. The molecule has 3 amide bonds. The number of amides is 3. The van der Waals surface area contributed by atoms with Gasteiger partial charge in [-0.25, -0.2) is 18.9 Å². The summed E-state index contributed by atoms with van der Waals surface area (Å²) in [5, 5.41) is 12.2. The van der Waals surface area contributed by atoms with Gasteiger partial charge >= 0.3 is 18.2 Å². The number of carbonyl (C=O) groups excluding carboxylic acids is 3. The van der Waals surface area contributed by atoms with E-state index in [2.05, 4.69) is 26.0 Å². The lowest BCUT2D eigenvalue weighted by Crippen LogP contribution is -2.43. The fraction of sp³-hybridized carbons (Fsp3) is 0.500. The van der Waals surface area contributed by atoms with Gasteiger partial charge in [-0.1, -0.05) is 23.5 Å². The number of carbonyl (C=O) groups is 3. The Bertz CT molecular complexity index is 1600. The number of aromatic nitrogens is 3. The van der Waals surface area contributed by atoms with E-state index in [1.54, 1.807) is 31.5 Å². The summed E-state index contributed by atoms with van der Waals surface area (Å²) in [5.74, 6) is -2.22. The first-order valence-electron chi connectivity index (χ1n) is 14.9. The fourth-order valence-corrected chi connectivity index (χ4v) is 6.06. The molecule has 46 heavy (non-hydrogen) atoms. The van der Waals surface area contributed by atoms with Gasteiger partial charge < -0.3 is 20.3 Å². The topological polar surface area (TPSA) is 130 Å². The summed E-state index contributed by atoms with van der Waals surface area (Å²) < 4.78 is 60.4. The van der Waals surface area contributed by atoms with Crippen molar-refractivity contribution in [3.8, 4) is 10.6 Å². The summed E-state index contributed by atoms with van der Waals surface area (Å²) in [5.41, 5.74) is -0.500. The van der Waals surface area contributed by atoms with Crippen LogP contribution in [0.1, 0.15) is 63.4 Å². The molecular formula is C30H35F4N7O4S. The lowest BCUT2D eigenvalue weighted by atomic mass is 10.1. The fourth-order valence-electron chi connectivity index (χ4n) is 5.09. The second kappa shape index (κ2) is 13.3. The van der Waals surface area contributed by atoms with E-state index in [4.69, 9.17) is 4.74 Å². The van der Waals surface area contributed by atoms with Crippen molar-refractivity contribution < 1.29 is 36.7 Å². The number of hydrogen-bond donors (Lipinski definition) is 3. The molecule has 3 aromatic rings. The zero-order valence-electron chi connectivity index (χ0n) is 25.5. The largest absolute Gasteiger partial charge is 0.471 e. The monoisotopic (exact) mass is 665 g/mol. The van der Waals surface area contributed by atoms with Crippen molar-refractivity contribution in [1.82, 2.24) is 20.1 Å². The van der Waals surface area contributed by atoms with E-state index in [1.807, 2.05) is 4.90 Å². The molecule has 1 atom stereocenters. The van der Waals surface area contributed by atoms with Crippen LogP contribution in [0.5, 0.6) is 0 Å². The highest BCUT2D eigenvalue weighted by atomic mass is 32.1. The minimum Gasteiger partial charge on any atom is -0.444 e. The molecular weight excluding hydrogens is 630 g/mol. The number of halogens is 4. The summed E-state index contributed by atoms with van der Waals surface area (Å²) in [6.07, 6.45) is -1.12.